The standard InChI is InChI=1S/C15H30N2/c1-12(2)13-6-5-9-15(10-13,11-16)17-14-7-3-4-8-14/h12-14,17H,3-11,16H2,1-2H3. The molecule has 0 aromatic rings. The smallest absolute Gasteiger partial charge is 0.0309 e. The Balaban J connectivity index is 1.96. The first-order valence-electron chi connectivity index (χ1n) is 7.63. The third kappa shape index (κ3) is 3.23. The normalized spacial score (nSPS) is 35.6. The van der Waals surface area contributed by atoms with Crippen molar-refractivity contribution in [3.8, 4) is 0 Å². The van der Waals surface area contributed by atoms with Gasteiger partial charge in [0, 0.05) is 18.1 Å². The highest BCUT2D eigenvalue weighted by Gasteiger charge is 2.37. The highest BCUT2D eigenvalue weighted by Crippen LogP contribution is 2.37. The van der Waals surface area contributed by atoms with Crippen LogP contribution < -0.4 is 11.1 Å². The van der Waals surface area contributed by atoms with E-state index in [1.54, 1.807) is 0 Å². The minimum absolute atomic E-state index is 0.266. The fraction of sp³-hybridized carbons (Fsp3) is 1.00. The van der Waals surface area contributed by atoms with Crippen LogP contribution in [0.15, 0.2) is 0 Å². The van der Waals surface area contributed by atoms with Crippen molar-refractivity contribution in [3.05, 3.63) is 0 Å². The summed E-state index contributed by atoms with van der Waals surface area (Å²) in [5.41, 5.74) is 6.38. The Morgan fingerprint density at radius 2 is 1.88 bits per heavy atom. The van der Waals surface area contributed by atoms with Crippen LogP contribution in [0.1, 0.15) is 65.2 Å². The molecule has 0 heterocycles. The van der Waals surface area contributed by atoms with Crippen LogP contribution in [0.3, 0.4) is 0 Å². The molecule has 0 aromatic heterocycles. The molecule has 2 fully saturated rings. The van der Waals surface area contributed by atoms with Gasteiger partial charge in [0.2, 0.25) is 0 Å². The molecule has 0 aliphatic heterocycles. The predicted molar refractivity (Wildman–Crippen MR) is 74.0 cm³/mol. The van der Waals surface area contributed by atoms with Crippen molar-refractivity contribution in [2.45, 2.75) is 76.8 Å². The molecule has 3 N–H and O–H groups in total. The maximum atomic E-state index is 6.12. The van der Waals surface area contributed by atoms with Crippen molar-refractivity contribution in [1.29, 1.82) is 0 Å². The van der Waals surface area contributed by atoms with E-state index in [1.807, 2.05) is 0 Å². The Bertz CT molecular complexity index is 229. The van der Waals surface area contributed by atoms with Gasteiger partial charge >= 0.3 is 0 Å². The van der Waals surface area contributed by atoms with E-state index < -0.39 is 0 Å². The van der Waals surface area contributed by atoms with Crippen LogP contribution in [0.25, 0.3) is 0 Å². The van der Waals surface area contributed by atoms with Gasteiger partial charge in [-0.3, -0.25) is 0 Å². The first-order valence-corrected chi connectivity index (χ1v) is 7.63. The Labute approximate surface area is 107 Å². The number of hydrogen-bond acceptors (Lipinski definition) is 2. The highest BCUT2D eigenvalue weighted by molar-refractivity contribution is 4.97. The van der Waals surface area contributed by atoms with Gasteiger partial charge in [0.15, 0.2) is 0 Å². The van der Waals surface area contributed by atoms with Gasteiger partial charge in [-0.1, -0.05) is 39.5 Å². The van der Waals surface area contributed by atoms with Gasteiger partial charge in [-0.15, -0.1) is 0 Å². The molecule has 2 nitrogen and oxygen atoms in total. The predicted octanol–water partition coefficient (Wildman–Crippen LogP) is 3.06. The van der Waals surface area contributed by atoms with Gasteiger partial charge in [-0.05, 0) is 37.5 Å². The molecule has 0 aromatic carbocycles. The minimum Gasteiger partial charge on any atom is -0.329 e. The zero-order valence-corrected chi connectivity index (χ0v) is 11.7. The van der Waals surface area contributed by atoms with E-state index in [0.717, 1.165) is 24.4 Å². The molecular weight excluding hydrogens is 208 g/mol. The second-order valence-electron chi connectivity index (χ2n) is 6.71. The van der Waals surface area contributed by atoms with Crippen LogP contribution in [0.5, 0.6) is 0 Å². The molecule has 0 bridgehead atoms. The summed E-state index contributed by atoms with van der Waals surface area (Å²) in [6.45, 7) is 5.56. The highest BCUT2D eigenvalue weighted by atomic mass is 15.0. The summed E-state index contributed by atoms with van der Waals surface area (Å²) in [5, 5.41) is 3.94. The second-order valence-corrected chi connectivity index (χ2v) is 6.71. The van der Waals surface area contributed by atoms with Gasteiger partial charge in [-0.2, -0.15) is 0 Å². The first kappa shape index (κ1) is 13.4. The summed E-state index contributed by atoms with van der Waals surface area (Å²) >= 11 is 0. The van der Waals surface area contributed by atoms with Crippen LogP contribution in [0.4, 0.5) is 0 Å². The lowest BCUT2D eigenvalue weighted by Gasteiger charge is -2.44. The van der Waals surface area contributed by atoms with Crippen LogP contribution in [-0.4, -0.2) is 18.1 Å². The lowest BCUT2D eigenvalue weighted by molar-refractivity contribution is 0.140. The van der Waals surface area contributed by atoms with E-state index >= 15 is 0 Å². The average Bonchev–Trinajstić information content (AvgIpc) is 2.82. The van der Waals surface area contributed by atoms with Crippen LogP contribution in [0, 0.1) is 11.8 Å². The summed E-state index contributed by atoms with van der Waals surface area (Å²) in [6.07, 6.45) is 10.9. The fourth-order valence-corrected chi connectivity index (χ4v) is 3.86. The van der Waals surface area contributed by atoms with Crippen molar-refractivity contribution in [1.82, 2.24) is 5.32 Å². The zero-order valence-electron chi connectivity index (χ0n) is 11.7. The molecule has 0 radical (unpaired) electrons. The van der Waals surface area contributed by atoms with Crippen molar-refractivity contribution < 1.29 is 0 Å². The van der Waals surface area contributed by atoms with Gasteiger partial charge in [0.1, 0.15) is 0 Å². The van der Waals surface area contributed by atoms with Gasteiger partial charge in [0.25, 0.3) is 0 Å². The Morgan fingerprint density at radius 3 is 2.47 bits per heavy atom. The minimum atomic E-state index is 0.266. The molecule has 0 amide bonds. The number of nitrogens with one attached hydrogen (secondary N) is 1. The number of hydrogen-bond donors (Lipinski definition) is 2. The molecule has 2 aliphatic carbocycles. The zero-order chi connectivity index (χ0) is 12.3. The molecule has 2 heteroatoms. The fourth-order valence-electron chi connectivity index (χ4n) is 3.86. The molecule has 0 saturated heterocycles. The quantitative estimate of drug-likeness (QED) is 0.790. The maximum absolute atomic E-state index is 6.12. The van der Waals surface area contributed by atoms with E-state index in [9.17, 15) is 0 Å². The Hall–Kier alpha value is -0.0800. The maximum Gasteiger partial charge on any atom is 0.0309 e. The second kappa shape index (κ2) is 5.71. The lowest BCUT2D eigenvalue weighted by atomic mass is 9.71. The summed E-state index contributed by atoms with van der Waals surface area (Å²) in [6, 6.07) is 0.754. The van der Waals surface area contributed by atoms with E-state index in [1.165, 1.54) is 51.4 Å². The van der Waals surface area contributed by atoms with E-state index in [2.05, 4.69) is 19.2 Å². The summed E-state index contributed by atoms with van der Waals surface area (Å²) < 4.78 is 0. The molecule has 100 valence electrons. The molecule has 2 saturated carbocycles. The third-order valence-corrected chi connectivity index (χ3v) is 5.08. The van der Waals surface area contributed by atoms with Crippen molar-refractivity contribution in [2.75, 3.05) is 6.54 Å². The summed E-state index contributed by atoms with van der Waals surface area (Å²) in [5.74, 6) is 1.69. The average molecular weight is 238 g/mol. The number of rotatable bonds is 4. The van der Waals surface area contributed by atoms with Crippen molar-refractivity contribution >= 4 is 0 Å². The lowest BCUT2D eigenvalue weighted by Crippen LogP contribution is -2.57. The van der Waals surface area contributed by atoms with Gasteiger partial charge in [0.05, 0.1) is 0 Å². The Kier molecular flexibility index (Phi) is 4.48. The van der Waals surface area contributed by atoms with Crippen LogP contribution in [0.2, 0.25) is 0 Å². The third-order valence-electron chi connectivity index (χ3n) is 5.08. The van der Waals surface area contributed by atoms with E-state index in [4.69, 9.17) is 5.73 Å². The SMILES string of the molecule is CC(C)C1CCCC(CN)(NC2CCCC2)C1. The molecular formula is C15H30N2. The molecule has 2 aliphatic rings. The molecule has 17 heavy (non-hydrogen) atoms. The first-order chi connectivity index (χ1) is 8.15. The molecule has 0 spiro atoms. The summed E-state index contributed by atoms with van der Waals surface area (Å²) in [7, 11) is 0. The van der Waals surface area contributed by atoms with Crippen LogP contribution in [-0.2, 0) is 0 Å². The Morgan fingerprint density at radius 1 is 1.18 bits per heavy atom. The van der Waals surface area contributed by atoms with Crippen molar-refractivity contribution in [2.24, 2.45) is 17.6 Å². The monoisotopic (exact) mass is 238 g/mol. The largest absolute Gasteiger partial charge is 0.329 e. The van der Waals surface area contributed by atoms with Crippen LogP contribution >= 0.6 is 0 Å². The van der Waals surface area contributed by atoms with E-state index in [-0.39, 0.29) is 5.54 Å². The van der Waals surface area contributed by atoms with E-state index in [0.29, 0.717) is 0 Å². The molecule has 2 unspecified atom stereocenters. The van der Waals surface area contributed by atoms with Gasteiger partial charge in [-0.25, -0.2) is 0 Å². The molecule has 2 rings (SSSR count). The van der Waals surface area contributed by atoms with Crippen molar-refractivity contribution in [3.63, 3.8) is 0 Å². The number of nitrogens with two attached hydrogens (primary N) is 1. The van der Waals surface area contributed by atoms with Gasteiger partial charge < -0.3 is 11.1 Å². The molecule has 2 atom stereocenters. The summed E-state index contributed by atoms with van der Waals surface area (Å²) in [4.78, 5) is 0. The topological polar surface area (TPSA) is 38.0 Å².